The number of para-hydroxylation sites is 1. The van der Waals surface area contributed by atoms with Crippen molar-refractivity contribution in [1.29, 1.82) is 5.41 Å². The van der Waals surface area contributed by atoms with E-state index in [0.717, 1.165) is 32.6 Å². The van der Waals surface area contributed by atoms with Crippen molar-refractivity contribution in [2.45, 2.75) is 13.0 Å². The summed E-state index contributed by atoms with van der Waals surface area (Å²) in [5.74, 6) is 0.179. The smallest absolute Gasteiger partial charge is 0.291 e. The highest BCUT2D eigenvalue weighted by Gasteiger charge is 2.26. The van der Waals surface area contributed by atoms with Crippen molar-refractivity contribution in [3.05, 3.63) is 39.4 Å². The normalized spacial score (nSPS) is 15.8. The summed E-state index contributed by atoms with van der Waals surface area (Å²) >= 11 is 0. The molecule has 8 heteroatoms. The summed E-state index contributed by atoms with van der Waals surface area (Å²) in [5.41, 5.74) is 9.74. The van der Waals surface area contributed by atoms with Crippen molar-refractivity contribution in [3.8, 4) is 0 Å². The lowest BCUT2D eigenvalue weighted by atomic mass is 10.1. The van der Waals surface area contributed by atoms with Gasteiger partial charge in [-0.3, -0.25) is 5.41 Å². The Balaban J connectivity index is 0.000000328. The monoisotopic (exact) mass is 279 g/mol. The van der Waals surface area contributed by atoms with Gasteiger partial charge in [0.15, 0.2) is 5.96 Å². The number of hydrogen-bond acceptors (Lipinski definition) is 4. The number of nitrogens with one attached hydrogen (secondary N) is 1. The Morgan fingerprint density at radius 2 is 2.00 bits per heavy atom. The molecule has 0 spiro atoms. The van der Waals surface area contributed by atoms with E-state index in [1.807, 2.05) is 4.90 Å². The maximum atomic E-state index is 8.36. The van der Waals surface area contributed by atoms with E-state index in [4.69, 9.17) is 26.5 Å². The van der Waals surface area contributed by atoms with E-state index in [1.165, 1.54) is 16.8 Å². The minimum Gasteiger partial charge on any atom is -0.370 e. The van der Waals surface area contributed by atoms with Crippen LogP contribution in [0.4, 0.5) is 5.69 Å². The third kappa shape index (κ3) is 2.90. The van der Waals surface area contributed by atoms with E-state index >= 15 is 0 Å². The average Bonchev–Trinajstić information content (AvgIpc) is 2.66. The number of nitrogens with two attached hydrogens (primary N) is 1. The Hall–Kier alpha value is -2.51. The standard InChI is InChI=1S/C12H16N4.HNO3/c13-12(14)16-7-6-15-5-4-9-2-1-3-10(8-16)11(9)15;2-1(3)4/h1-3H,4-8H2,(H3,13,14);(H,2,3,4). The second kappa shape index (κ2) is 5.64. The Bertz CT molecular complexity index is 530. The zero-order valence-electron chi connectivity index (χ0n) is 11.0. The van der Waals surface area contributed by atoms with Crippen LogP contribution in [0.3, 0.4) is 0 Å². The number of rotatable bonds is 0. The first kappa shape index (κ1) is 13.9. The Morgan fingerprint density at radius 1 is 1.35 bits per heavy atom. The Labute approximate surface area is 116 Å². The van der Waals surface area contributed by atoms with Crippen molar-refractivity contribution in [2.75, 3.05) is 24.5 Å². The van der Waals surface area contributed by atoms with Crippen LogP contribution >= 0.6 is 0 Å². The van der Waals surface area contributed by atoms with E-state index in [9.17, 15) is 0 Å². The van der Waals surface area contributed by atoms with Crippen LogP contribution in [0, 0.1) is 15.5 Å². The quantitative estimate of drug-likeness (QED) is 0.274. The van der Waals surface area contributed by atoms with Crippen molar-refractivity contribution in [3.63, 3.8) is 0 Å². The van der Waals surface area contributed by atoms with Gasteiger partial charge in [0.05, 0.1) is 0 Å². The Kier molecular flexibility index (Phi) is 3.92. The molecular formula is C12H17N5O3. The Morgan fingerprint density at radius 3 is 2.65 bits per heavy atom. The van der Waals surface area contributed by atoms with E-state index in [-0.39, 0.29) is 5.96 Å². The fourth-order valence-electron chi connectivity index (χ4n) is 2.70. The molecule has 20 heavy (non-hydrogen) atoms. The number of nitrogens with zero attached hydrogens (tertiary/aromatic N) is 3. The zero-order valence-corrected chi connectivity index (χ0v) is 11.0. The van der Waals surface area contributed by atoms with Crippen molar-refractivity contribution >= 4 is 11.6 Å². The van der Waals surface area contributed by atoms with Gasteiger partial charge in [0, 0.05) is 31.9 Å². The third-order valence-electron chi connectivity index (χ3n) is 3.51. The van der Waals surface area contributed by atoms with E-state index in [2.05, 4.69) is 23.1 Å². The lowest BCUT2D eigenvalue weighted by molar-refractivity contribution is -0.742. The number of benzene rings is 1. The van der Waals surface area contributed by atoms with Crippen LogP contribution in [0.1, 0.15) is 11.1 Å². The summed E-state index contributed by atoms with van der Waals surface area (Å²) in [5, 5.41) is 21.2. The molecule has 0 saturated carbocycles. The van der Waals surface area contributed by atoms with E-state index in [0.29, 0.717) is 0 Å². The first-order valence-electron chi connectivity index (χ1n) is 6.27. The third-order valence-corrected chi connectivity index (χ3v) is 3.51. The molecule has 0 aromatic heterocycles. The van der Waals surface area contributed by atoms with Crippen molar-refractivity contribution < 1.29 is 10.3 Å². The molecule has 108 valence electrons. The number of anilines is 1. The summed E-state index contributed by atoms with van der Waals surface area (Å²) in [6, 6.07) is 6.47. The van der Waals surface area contributed by atoms with Gasteiger partial charge in [0.1, 0.15) is 0 Å². The van der Waals surface area contributed by atoms with Crippen molar-refractivity contribution in [1.82, 2.24) is 4.90 Å². The molecule has 2 aliphatic rings. The minimum atomic E-state index is -1.50. The molecule has 1 aromatic rings. The fraction of sp³-hybridized carbons (Fsp3) is 0.417. The van der Waals surface area contributed by atoms with Gasteiger partial charge in [-0.2, -0.15) is 0 Å². The molecule has 0 atom stereocenters. The lowest BCUT2D eigenvalue weighted by Crippen LogP contribution is -2.39. The molecule has 0 amide bonds. The zero-order chi connectivity index (χ0) is 14.7. The predicted octanol–water partition coefficient (Wildman–Crippen LogP) is 0.410. The van der Waals surface area contributed by atoms with Crippen LogP contribution in [0.15, 0.2) is 18.2 Å². The summed E-state index contributed by atoms with van der Waals surface area (Å²) in [6.07, 6.45) is 1.16. The summed E-state index contributed by atoms with van der Waals surface area (Å²) in [7, 11) is 0. The molecule has 2 aliphatic heterocycles. The van der Waals surface area contributed by atoms with Crippen LogP contribution in [-0.4, -0.2) is 40.8 Å². The molecule has 0 bridgehead atoms. The molecule has 3 rings (SSSR count). The first-order chi connectivity index (χ1) is 9.49. The van der Waals surface area contributed by atoms with Gasteiger partial charge in [0.2, 0.25) is 0 Å². The molecule has 0 saturated heterocycles. The highest BCUT2D eigenvalue weighted by atomic mass is 16.9. The first-order valence-corrected chi connectivity index (χ1v) is 6.27. The van der Waals surface area contributed by atoms with Crippen LogP contribution in [0.25, 0.3) is 0 Å². The van der Waals surface area contributed by atoms with Gasteiger partial charge in [-0.25, -0.2) is 0 Å². The van der Waals surface area contributed by atoms with Crippen LogP contribution < -0.4 is 10.6 Å². The van der Waals surface area contributed by atoms with Gasteiger partial charge in [-0.15, -0.1) is 10.1 Å². The highest BCUT2D eigenvalue weighted by molar-refractivity contribution is 5.76. The molecule has 0 aliphatic carbocycles. The summed E-state index contributed by atoms with van der Waals surface area (Å²) in [4.78, 5) is 12.7. The van der Waals surface area contributed by atoms with Gasteiger partial charge in [-0.1, -0.05) is 18.2 Å². The van der Waals surface area contributed by atoms with E-state index < -0.39 is 5.09 Å². The average molecular weight is 279 g/mol. The molecule has 8 nitrogen and oxygen atoms in total. The number of hydrogen-bond donors (Lipinski definition) is 3. The second-order valence-electron chi connectivity index (χ2n) is 4.71. The van der Waals surface area contributed by atoms with Crippen LogP contribution in [-0.2, 0) is 13.0 Å². The fourth-order valence-corrected chi connectivity index (χ4v) is 2.70. The highest BCUT2D eigenvalue weighted by Crippen LogP contribution is 2.33. The molecular weight excluding hydrogens is 262 g/mol. The largest absolute Gasteiger partial charge is 0.370 e. The maximum absolute atomic E-state index is 8.36. The second-order valence-corrected chi connectivity index (χ2v) is 4.71. The SMILES string of the molecule is N=C(N)N1CCN2CCc3cccc(c32)C1.O=[N+]([O-])O. The van der Waals surface area contributed by atoms with Gasteiger partial charge >= 0.3 is 0 Å². The topological polar surface area (TPSA) is 120 Å². The van der Waals surface area contributed by atoms with Gasteiger partial charge in [-0.05, 0) is 17.5 Å². The molecule has 1 aromatic carbocycles. The van der Waals surface area contributed by atoms with Crippen LogP contribution in [0.5, 0.6) is 0 Å². The van der Waals surface area contributed by atoms with Gasteiger partial charge < -0.3 is 20.7 Å². The summed E-state index contributed by atoms with van der Waals surface area (Å²) in [6.45, 7) is 3.71. The minimum absolute atomic E-state index is 0.179. The van der Waals surface area contributed by atoms with Crippen LogP contribution in [0.2, 0.25) is 0 Å². The van der Waals surface area contributed by atoms with E-state index in [1.54, 1.807) is 0 Å². The van der Waals surface area contributed by atoms with Crippen molar-refractivity contribution in [2.24, 2.45) is 5.73 Å². The molecule has 2 heterocycles. The molecule has 4 N–H and O–H groups in total. The number of guanidine groups is 1. The summed E-state index contributed by atoms with van der Waals surface area (Å²) < 4.78 is 0. The molecule has 0 radical (unpaired) electrons. The molecule has 0 unspecified atom stereocenters. The lowest BCUT2D eigenvalue weighted by Gasteiger charge is -2.21. The maximum Gasteiger partial charge on any atom is 0.291 e. The predicted molar refractivity (Wildman–Crippen MR) is 73.5 cm³/mol. The molecule has 0 fully saturated rings. The van der Waals surface area contributed by atoms with Gasteiger partial charge in [0.25, 0.3) is 5.09 Å².